The second-order valence-corrected chi connectivity index (χ2v) is 4.02. The van der Waals surface area contributed by atoms with Crippen molar-refractivity contribution in [2.75, 3.05) is 5.73 Å². The van der Waals surface area contributed by atoms with E-state index in [2.05, 4.69) is 21.0 Å². The van der Waals surface area contributed by atoms with Gasteiger partial charge in [-0.15, -0.1) is 0 Å². The Morgan fingerprint density at radius 3 is 2.71 bits per heavy atom. The third kappa shape index (κ3) is 1.65. The summed E-state index contributed by atoms with van der Waals surface area (Å²) in [5.41, 5.74) is 8.47. The van der Waals surface area contributed by atoms with Crippen molar-refractivity contribution in [3.05, 3.63) is 40.6 Å². The minimum Gasteiger partial charge on any atom is -0.397 e. The number of aryl methyl sites for hydroxylation is 1. The highest BCUT2D eigenvalue weighted by molar-refractivity contribution is 9.10. The lowest BCUT2D eigenvalue weighted by Crippen LogP contribution is -2.00. The third-order valence-electron chi connectivity index (χ3n) is 1.96. The largest absolute Gasteiger partial charge is 0.397 e. The van der Waals surface area contributed by atoms with Gasteiger partial charge in [0.2, 0.25) is 0 Å². The highest BCUT2D eigenvalue weighted by atomic mass is 79.9. The van der Waals surface area contributed by atoms with Gasteiger partial charge in [0.25, 0.3) is 0 Å². The van der Waals surface area contributed by atoms with Crippen LogP contribution >= 0.6 is 15.9 Å². The van der Waals surface area contributed by atoms with Crippen molar-refractivity contribution in [3.8, 4) is 5.69 Å². The lowest BCUT2D eigenvalue weighted by atomic mass is 10.3. The van der Waals surface area contributed by atoms with Crippen LogP contribution in [0.5, 0.6) is 0 Å². The monoisotopic (exact) mass is 251 g/mol. The van der Waals surface area contributed by atoms with Gasteiger partial charge in [-0.05, 0) is 31.2 Å². The standard InChI is InChI=1S/C10H10BrN3/c1-7-4-5-14(13-7)10-3-2-8(11)6-9(10)12/h2-6H,12H2,1H3. The number of halogens is 1. The topological polar surface area (TPSA) is 43.8 Å². The average Bonchev–Trinajstić information content (AvgIpc) is 2.51. The van der Waals surface area contributed by atoms with Crippen molar-refractivity contribution in [2.45, 2.75) is 6.92 Å². The zero-order chi connectivity index (χ0) is 10.1. The van der Waals surface area contributed by atoms with Gasteiger partial charge in [0, 0.05) is 10.7 Å². The maximum Gasteiger partial charge on any atom is 0.0875 e. The molecule has 72 valence electrons. The lowest BCUT2D eigenvalue weighted by molar-refractivity contribution is 0.864. The molecule has 0 fully saturated rings. The molecule has 0 atom stereocenters. The fourth-order valence-corrected chi connectivity index (χ4v) is 1.66. The average molecular weight is 252 g/mol. The Morgan fingerprint density at radius 2 is 2.14 bits per heavy atom. The van der Waals surface area contributed by atoms with E-state index in [0.29, 0.717) is 5.69 Å². The quantitative estimate of drug-likeness (QED) is 0.792. The molecule has 0 aliphatic rings. The van der Waals surface area contributed by atoms with E-state index in [1.54, 1.807) is 4.68 Å². The number of nitrogens with zero attached hydrogens (tertiary/aromatic N) is 2. The van der Waals surface area contributed by atoms with Crippen molar-refractivity contribution >= 4 is 21.6 Å². The highest BCUT2D eigenvalue weighted by Gasteiger charge is 2.02. The Labute approximate surface area is 90.7 Å². The SMILES string of the molecule is Cc1ccn(-c2ccc(Br)cc2N)n1. The molecule has 1 heterocycles. The van der Waals surface area contributed by atoms with Crippen LogP contribution in [0, 0.1) is 6.92 Å². The Morgan fingerprint density at radius 1 is 1.36 bits per heavy atom. The molecule has 2 aromatic rings. The summed E-state index contributed by atoms with van der Waals surface area (Å²) in [7, 11) is 0. The van der Waals surface area contributed by atoms with Crippen LogP contribution in [0.3, 0.4) is 0 Å². The maximum absolute atomic E-state index is 5.87. The van der Waals surface area contributed by atoms with E-state index in [1.807, 2.05) is 37.4 Å². The number of hydrogen-bond donors (Lipinski definition) is 1. The Hall–Kier alpha value is -1.29. The Bertz CT molecular complexity index is 462. The first-order valence-electron chi connectivity index (χ1n) is 4.24. The van der Waals surface area contributed by atoms with Crippen molar-refractivity contribution in [3.63, 3.8) is 0 Å². The molecule has 0 unspecified atom stereocenters. The van der Waals surface area contributed by atoms with Gasteiger partial charge >= 0.3 is 0 Å². The van der Waals surface area contributed by atoms with Gasteiger partial charge in [0.05, 0.1) is 17.1 Å². The summed E-state index contributed by atoms with van der Waals surface area (Å²) in [6, 6.07) is 7.70. The predicted octanol–water partition coefficient (Wildman–Crippen LogP) is 2.53. The fraction of sp³-hybridized carbons (Fsp3) is 0.100. The molecule has 2 N–H and O–H groups in total. The highest BCUT2D eigenvalue weighted by Crippen LogP contribution is 2.21. The molecule has 0 amide bonds. The van der Waals surface area contributed by atoms with Crippen LogP contribution in [0.1, 0.15) is 5.69 Å². The minimum absolute atomic E-state index is 0.711. The molecule has 3 nitrogen and oxygen atoms in total. The van der Waals surface area contributed by atoms with Crippen LogP contribution in [0.25, 0.3) is 5.69 Å². The normalized spacial score (nSPS) is 10.4. The predicted molar refractivity (Wildman–Crippen MR) is 60.4 cm³/mol. The van der Waals surface area contributed by atoms with Gasteiger partial charge < -0.3 is 5.73 Å². The van der Waals surface area contributed by atoms with Crippen LogP contribution in [-0.4, -0.2) is 9.78 Å². The first-order valence-corrected chi connectivity index (χ1v) is 5.04. The molecule has 14 heavy (non-hydrogen) atoms. The molecule has 0 bridgehead atoms. The smallest absolute Gasteiger partial charge is 0.0875 e. The summed E-state index contributed by atoms with van der Waals surface area (Å²) in [6.07, 6.45) is 1.90. The van der Waals surface area contributed by atoms with Gasteiger partial charge in [0.15, 0.2) is 0 Å². The number of benzene rings is 1. The van der Waals surface area contributed by atoms with E-state index >= 15 is 0 Å². The second kappa shape index (κ2) is 3.46. The molecule has 0 saturated heterocycles. The molecule has 4 heteroatoms. The second-order valence-electron chi connectivity index (χ2n) is 3.10. The summed E-state index contributed by atoms with van der Waals surface area (Å²) in [5, 5.41) is 4.29. The number of hydrogen-bond acceptors (Lipinski definition) is 2. The summed E-state index contributed by atoms with van der Waals surface area (Å²) >= 11 is 3.36. The van der Waals surface area contributed by atoms with Crippen molar-refractivity contribution in [1.29, 1.82) is 0 Å². The molecule has 0 radical (unpaired) electrons. The van der Waals surface area contributed by atoms with Gasteiger partial charge in [-0.25, -0.2) is 4.68 Å². The van der Waals surface area contributed by atoms with Crippen molar-refractivity contribution in [2.24, 2.45) is 0 Å². The first kappa shape index (κ1) is 9.27. The van der Waals surface area contributed by atoms with Gasteiger partial charge in [-0.2, -0.15) is 5.10 Å². The number of rotatable bonds is 1. The molecule has 0 aliphatic heterocycles. The molecule has 0 spiro atoms. The van der Waals surface area contributed by atoms with Crippen LogP contribution in [0.2, 0.25) is 0 Å². The number of aromatic nitrogens is 2. The summed E-state index contributed by atoms with van der Waals surface area (Å²) in [6.45, 7) is 1.95. The number of nitrogen functional groups attached to an aromatic ring is 1. The van der Waals surface area contributed by atoms with E-state index in [0.717, 1.165) is 15.9 Å². The molecule has 1 aromatic heterocycles. The van der Waals surface area contributed by atoms with E-state index in [9.17, 15) is 0 Å². The molecular formula is C10H10BrN3. The molecule has 0 aliphatic carbocycles. The van der Waals surface area contributed by atoms with E-state index in [1.165, 1.54) is 0 Å². The van der Waals surface area contributed by atoms with E-state index in [-0.39, 0.29) is 0 Å². The summed E-state index contributed by atoms with van der Waals surface area (Å²) in [5.74, 6) is 0. The van der Waals surface area contributed by atoms with Crippen molar-refractivity contribution in [1.82, 2.24) is 9.78 Å². The molecule has 1 aromatic carbocycles. The number of nitrogens with two attached hydrogens (primary N) is 1. The number of anilines is 1. The third-order valence-corrected chi connectivity index (χ3v) is 2.45. The van der Waals surface area contributed by atoms with Gasteiger partial charge in [-0.1, -0.05) is 15.9 Å². The molecule has 0 saturated carbocycles. The molecule has 2 rings (SSSR count). The zero-order valence-corrected chi connectivity index (χ0v) is 9.32. The van der Waals surface area contributed by atoms with Crippen molar-refractivity contribution < 1.29 is 0 Å². The fourth-order valence-electron chi connectivity index (χ4n) is 1.28. The Kier molecular flexibility index (Phi) is 2.29. The van der Waals surface area contributed by atoms with Gasteiger partial charge in [-0.3, -0.25) is 0 Å². The van der Waals surface area contributed by atoms with Gasteiger partial charge in [0.1, 0.15) is 0 Å². The summed E-state index contributed by atoms with van der Waals surface area (Å²) in [4.78, 5) is 0. The van der Waals surface area contributed by atoms with Crippen LogP contribution < -0.4 is 5.73 Å². The maximum atomic E-state index is 5.87. The van der Waals surface area contributed by atoms with E-state index in [4.69, 9.17) is 5.73 Å². The van der Waals surface area contributed by atoms with Crippen LogP contribution in [0.15, 0.2) is 34.9 Å². The summed E-state index contributed by atoms with van der Waals surface area (Å²) < 4.78 is 2.75. The first-order chi connectivity index (χ1) is 6.66. The zero-order valence-electron chi connectivity index (χ0n) is 7.74. The Balaban J connectivity index is 2.52. The minimum atomic E-state index is 0.711. The van der Waals surface area contributed by atoms with Crippen LogP contribution in [0.4, 0.5) is 5.69 Å². The van der Waals surface area contributed by atoms with Crippen LogP contribution in [-0.2, 0) is 0 Å². The van der Waals surface area contributed by atoms with E-state index < -0.39 is 0 Å². The lowest BCUT2D eigenvalue weighted by Gasteiger charge is -2.05. The molecular weight excluding hydrogens is 242 g/mol.